The monoisotopic (exact) mass is 230 g/mol. The van der Waals surface area contributed by atoms with Gasteiger partial charge in [0.25, 0.3) is 0 Å². The summed E-state index contributed by atoms with van der Waals surface area (Å²) in [6, 6.07) is 8.64. The Balaban J connectivity index is 2.38. The Hall–Kier alpha value is -2.43. The highest BCUT2D eigenvalue weighted by Gasteiger charge is 2.07. The van der Waals surface area contributed by atoms with Gasteiger partial charge in [0.05, 0.1) is 12.8 Å². The van der Waals surface area contributed by atoms with E-state index < -0.39 is 5.97 Å². The highest BCUT2D eigenvalue weighted by Crippen LogP contribution is 2.20. The van der Waals surface area contributed by atoms with E-state index in [1.54, 1.807) is 19.2 Å². The molecule has 86 valence electrons. The summed E-state index contributed by atoms with van der Waals surface area (Å²) in [5.41, 5.74) is 1.36. The molecule has 1 N–H and O–H groups in total. The van der Waals surface area contributed by atoms with E-state index in [2.05, 4.69) is 9.97 Å². The maximum atomic E-state index is 10.8. The van der Waals surface area contributed by atoms with Crippen LogP contribution >= 0.6 is 0 Å². The maximum Gasteiger partial charge on any atom is 0.354 e. The number of carbonyl (C=O) groups is 1. The standard InChI is InChI=1S/C12H10N2O3/c1-17-9-4-2-8(3-5-9)10-6-11(12(15)16)14-7-13-10/h2-7H,1H3,(H,15,16). The van der Waals surface area contributed by atoms with E-state index in [1.807, 2.05) is 12.1 Å². The largest absolute Gasteiger partial charge is 0.497 e. The first-order valence-corrected chi connectivity index (χ1v) is 4.90. The van der Waals surface area contributed by atoms with Crippen molar-refractivity contribution in [3.05, 3.63) is 42.4 Å². The molecule has 0 aliphatic carbocycles. The van der Waals surface area contributed by atoms with Crippen molar-refractivity contribution < 1.29 is 14.6 Å². The maximum absolute atomic E-state index is 10.8. The van der Waals surface area contributed by atoms with Crippen molar-refractivity contribution in [3.8, 4) is 17.0 Å². The average molecular weight is 230 g/mol. The van der Waals surface area contributed by atoms with Crippen LogP contribution in [0.4, 0.5) is 0 Å². The SMILES string of the molecule is COc1ccc(-c2cc(C(=O)O)ncn2)cc1. The van der Waals surface area contributed by atoms with Crippen LogP contribution in [-0.4, -0.2) is 28.2 Å². The van der Waals surface area contributed by atoms with E-state index in [4.69, 9.17) is 9.84 Å². The molecule has 5 heteroatoms. The van der Waals surface area contributed by atoms with Crippen LogP contribution in [0.2, 0.25) is 0 Å². The topological polar surface area (TPSA) is 72.3 Å². The minimum atomic E-state index is -1.07. The molecule has 0 radical (unpaired) electrons. The molecular weight excluding hydrogens is 220 g/mol. The van der Waals surface area contributed by atoms with Crippen LogP contribution in [0.15, 0.2) is 36.7 Å². The first-order valence-electron chi connectivity index (χ1n) is 4.90. The normalized spacial score (nSPS) is 9.94. The molecule has 1 heterocycles. The first kappa shape index (κ1) is 11.1. The number of methoxy groups -OCH3 is 1. The molecule has 0 atom stereocenters. The van der Waals surface area contributed by atoms with Crippen LogP contribution in [0.1, 0.15) is 10.5 Å². The summed E-state index contributed by atoms with van der Waals surface area (Å²) in [5.74, 6) is -0.330. The van der Waals surface area contributed by atoms with Crippen LogP contribution < -0.4 is 4.74 Å². The lowest BCUT2D eigenvalue weighted by molar-refractivity contribution is 0.0690. The van der Waals surface area contributed by atoms with Gasteiger partial charge in [-0.05, 0) is 30.3 Å². The highest BCUT2D eigenvalue weighted by atomic mass is 16.5. The summed E-state index contributed by atoms with van der Waals surface area (Å²) < 4.78 is 5.04. The molecule has 2 rings (SSSR count). The Kier molecular flexibility index (Phi) is 3.00. The van der Waals surface area contributed by atoms with Crippen molar-refractivity contribution in [1.29, 1.82) is 0 Å². The molecule has 0 saturated heterocycles. The van der Waals surface area contributed by atoms with Crippen LogP contribution in [-0.2, 0) is 0 Å². The minimum absolute atomic E-state index is 0.0224. The molecule has 1 aromatic heterocycles. The predicted molar refractivity (Wildman–Crippen MR) is 61.0 cm³/mol. The molecular formula is C12H10N2O3. The first-order chi connectivity index (χ1) is 8.20. The lowest BCUT2D eigenvalue weighted by atomic mass is 10.1. The molecule has 0 unspecified atom stereocenters. The summed E-state index contributed by atoms with van der Waals surface area (Å²) in [6.45, 7) is 0. The van der Waals surface area contributed by atoms with Gasteiger partial charge in [-0.1, -0.05) is 0 Å². The van der Waals surface area contributed by atoms with Gasteiger partial charge < -0.3 is 9.84 Å². The molecule has 0 spiro atoms. The average Bonchev–Trinajstić information content (AvgIpc) is 2.39. The molecule has 2 aromatic rings. The number of ether oxygens (including phenoxy) is 1. The predicted octanol–water partition coefficient (Wildman–Crippen LogP) is 1.85. The molecule has 0 saturated carbocycles. The zero-order valence-corrected chi connectivity index (χ0v) is 9.12. The quantitative estimate of drug-likeness (QED) is 0.871. The molecule has 0 bridgehead atoms. The van der Waals surface area contributed by atoms with Gasteiger partial charge in [-0.2, -0.15) is 0 Å². The number of benzene rings is 1. The van der Waals surface area contributed by atoms with Crippen molar-refractivity contribution in [3.63, 3.8) is 0 Å². The van der Waals surface area contributed by atoms with Gasteiger partial charge in [-0.25, -0.2) is 14.8 Å². The van der Waals surface area contributed by atoms with Crippen molar-refractivity contribution in [2.75, 3.05) is 7.11 Å². The molecule has 1 aromatic carbocycles. The van der Waals surface area contributed by atoms with Crippen LogP contribution in [0.3, 0.4) is 0 Å². The van der Waals surface area contributed by atoms with Gasteiger partial charge in [0.1, 0.15) is 12.1 Å². The van der Waals surface area contributed by atoms with E-state index in [9.17, 15) is 4.79 Å². The fraction of sp³-hybridized carbons (Fsp3) is 0.0833. The summed E-state index contributed by atoms with van der Waals surface area (Å²) in [7, 11) is 1.59. The number of carboxylic acids is 1. The van der Waals surface area contributed by atoms with Crippen LogP contribution in [0.5, 0.6) is 5.75 Å². The Bertz CT molecular complexity index is 538. The molecule has 0 fully saturated rings. The summed E-state index contributed by atoms with van der Waals surface area (Å²) in [4.78, 5) is 18.5. The van der Waals surface area contributed by atoms with E-state index in [0.29, 0.717) is 5.69 Å². The van der Waals surface area contributed by atoms with Crippen molar-refractivity contribution in [2.45, 2.75) is 0 Å². The number of hydrogen-bond acceptors (Lipinski definition) is 4. The van der Waals surface area contributed by atoms with Gasteiger partial charge in [0.15, 0.2) is 5.69 Å². The third-order valence-electron chi connectivity index (χ3n) is 2.27. The lowest BCUT2D eigenvalue weighted by Gasteiger charge is -2.03. The van der Waals surface area contributed by atoms with Crippen LogP contribution in [0, 0.1) is 0 Å². The lowest BCUT2D eigenvalue weighted by Crippen LogP contribution is -2.01. The smallest absolute Gasteiger partial charge is 0.354 e. The zero-order valence-electron chi connectivity index (χ0n) is 9.12. The van der Waals surface area contributed by atoms with Gasteiger partial charge in [0.2, 0.25) is 0 Å². The van der Waals surface area contributed by atoms with Gasteiger partial charge in [0, 0.05) is 5.56 Å². The van der Waals surface area contributed by atoms with Crippen molar-refractivity contribution in [1.82, 2.24) is 9.97 Å². The number of carboxylic acid groups (broad SMARTS) is 1. The molecule has 0 amide bonds. The number of nitrogens with zero attached hydrogens (tertiary/aromatic N) is 2. The minimum Gasteiger partial charge on any atom is -0.497 e. The number of aromatic nitrogens is 2. The molecule has 0 aliphatic rings. The molecule has 0 aliphatic heterocycles. The second-order valence-corrected chi connectivity index (χ2v) is 3.32. The molecule has 17 heavy (non-hydrogen) atoms. The Morgan fingerprint density at radius 3 is 2.53 bits per heavy atom. The third kappa shape index (κ3) is 2.39. The second kappa shape index (κ2) is 4.61. The number of rotatable bonds is 3. The van der Waals surface area contributed by atoms with E-state index >= 15 is 0 Å². The second-order valence-electron chi connectivity index (χ2n) is 3.32. The highest BCUT2D eigenvalue weighted by molar-refractivity contribution is 5.86. The fourth-order valence-corrected chi connectivity index (χ4v) is 1.39. The molecule has 5 nitrogen and oxygen atoms in total. The van der Waals surface area contributed by atoms with Gasteiger partial charge in [-0.3, -0.25) is 0 Å². The number of hydrogen-bond donors (Lipinski definition) is 1. The van der Waals surface area contributed by atoms with E-state index in [1.165, 1.54) is 12.4 Å². The number of aromatic carboxylic acids is 1. The van der Waals surface area contributed by atoms with E-state index in [0.717, 1.165) is 11.3 Å². The van der Waals surface area contributed by atoms with E-state index in [-0.39, 0.29) is 5.69 Å². The Labute approximate surface area is 97.7 Å². The zero-order chi connectivity index (χ0) is 12.3. The summed E-state index contributed by atoms with van der Waals surface area (Å²) in [6.07, 6.45) is 1.24. The van der Waals surface area contributed by atoms with Crippen molar-refractivity contribution >= 4 is 5.97 Å². The third-order valence-corrected chi connectivity index (χ3v) is 2.27. The van der Waals surface area contributed by atoms with Gasteiger partial charge >= 0.3 is 5.97 Å². The Morgan fingerprint density at radius 2 is 1.94 bits per heavy atom. The fourth-order valence-electron chi connectivity index (χ4n) is 1.39. The Morgan fingerprint density at radius 1 is 1.24 bits per heavy atom. The van der Waals surface area contributed by atoms with Gasteiger partial charge in [-0.15, -0.1) is 0 Å². The van der Waals surface area contributed by atoms with Crippen LogP contribution in [0.25, 0.3) is 11.3 Å². The summed E-state index contributed by atoms with van der Waals surface area (Å²) in [5, 5.41) is 8.83. The van der Waals surface area contributed by atoms with Crippen molar-refractivity contribution in [2.24, 2.45) is 0 Å². The summed E-state index contributed by atoms with van der Waals surface area (Å²) >= 11 is 0.